The van der Waals surface area contributed by atoms with E-state index in [1.54, 1.807) is 6.20 Å². The van der Waals surface area contributed by atoms with Crippen molar-refractivity contribution < 1.29 is 26.7 Å². The third-order valence-corrected chi connectivity index (χ3v) is 3.28. The third kappa shape index (κ3) is 1.79. The number of aromatic nitrogens is 2. The van der Waals surface area contributed by atoms with Crippen molar-refractivity contribution in [1.82, 2.24) is 4.98 Å². The van der Waals surface area contributed by atoms with Crippen LogP contribution in [0.3, 0.4) is 0 Å². The summed E-state index contributed by atoms with van der Waals surface area (Å²) in [6.45, 7) is 0.497. The van der Waals surface area contributed by atoms with Gasteiger partial charge in [0, 0.05) is 11.6 Å². The number of likely N-dealkylation sites (N-methyl/N-ethyl adjacent to an activating group) is 1. The zero-order valence-electron chi connectivity index (χ0n) is 9.99. The van der Waals surface area contributed by atoms with Crippen LogP contribution in [-0.4, -0.2) is 17.1 Å². The lowest BCUT2D eigenvalue weighted by Crippen LogP contribution is -3.00. The van der Waals surface area contributed by atoms with Gasteiger partial charge >= 0.3 is 5.95 Å². The second-order valence-corrected chi connectivity index (χ2v) is 4.29. The summed E-state index contributed by atoms with van der Waals surface area (Å²) in [4.78, 5) is 6.10. The summed E-state index contributed by atoms with van der Waals surface area (Å²) in [7, 11) is 1.86. The van der Waals surface area contributed by atoms with Crippen LogP contribution in [0.5, 0.6) is 0 Å². The molecule has 0 fully saturated rings. The number of aliphatic hydroxyl groups is 1. The molecule has 1 unspecified atom stereocenters. The average molecular weight is 308 g/mol. The molecule has 1 aliphatic heterocycles. The van der Waals surface area contributed by atoms with Crippen LogP contribution in [0.25, 0.3) is 0 Å². The summed E-state index contributed by atoms with van der Waals surface area (Å²) >= 11 is 0. The van der Waals surface area contributed by atoms with Gasteiger partial charge in [0.2, 0.25) is 5.72 Å². The first-order valence-electron chi connectivity index (χ1n) is 5.58. The Kier molecular flexibility index (Phi) is 3.36. The minimum absolute atomic E-state index is 0. The molecular formula is C13H14BrN3O. The molecule has 1 N–H and O–H groups in total. The van der Waals surface area contributed by atoms with Crippen molar-refractivity contribution in [2.75, 3.05) is 11.9 Å². The predicted octanol–water partition coefficient (Wildman–Crippen LogP) is -2.33. The van der Waals surface area contributed by atoms with E-state index < -0.39 is 5.72 Å². The molecule has 2 aromatic rings. The second kappa shape index (κ2) is 4.66. The van der Waals surface area contributed by atoms with Crippen LogP contribution in [0.2, 0.25) is 0 Å². The molecule has 18 heavy (non-hydrogen) atoms. The highest BCUT2D eigenvalue weighted by atomic mass is 79.9. The molecule has 0 saturated carbocycles. The smallest absolute Gasteiger partial charge is 0.396 e. The zero-order chi connectivity index (χ0) is 11.9. The van der Waals surface area contributed by atoms with Gasteiger partial charge in [-0.15, -0.1) is 0 Å². The summed E-state index contributed by atoms with van der Waals surface area (Å²) in [5.41, 5.74) is -0.129. The molecule has 3 rings (SSSR count). The Morgan fingerprint density at radius 3 is 2.67 bits per heavy atom. The van der Waals surface area contributed by atoms with Crippen LogP contribution in [0.1, 0.15) is 5.56 Å². The summed E-state index contributed by atoms with van der Waals surface area (Å²) in [6.07, 6.45) is 3.67. The van der Waals surface area contributed by atoms with E-state index in [9.17, 15) is 5.11 Å². The van der Waals surface area contributed by atoms with Crippen LogP contribution in [0, 0.1) is 0 Å². The number of benzene rings is 1. The SMILES string of the molecule is CN1c2nccc[n+]2CC1(O)c1ccccc1.[Br-]. The maximum atomic E-state index is 10.8. The first-order valence-corrected chi connectivity index (χ1v) is 5.58. The van der Waals surface area contributed by atoms with Gasteiger partial charge in [-0.2, -0.15) is 0 Å². The van der Waals surface area contributed by atoms with E-state index in [0.717, 1.165) is 11.5 Å². The van der Waals surface area contributed by atoms with Gasteiger partial charge in [0.05, 0.1) is 13.2 Å². The lowest BCUT2D eigenvalue weighted by atomic mass is 10.0. The third-order valence-electron chi connectivity index (χ3n) is 3.28. The molecule has 0 aliphatic carbocycles. The second-order valence-electron chi connectivity index (χ2n) is 4.29. The largest absolute Gasteiger partial charge is 1.00 e. The van der Waals surface area contributed by atoms with E-state index in [0.29, 0.717) is 6.54 Å². The molecule has 1 aliphatic rings. The molecule has 0 saturated heterocycles. The van der Waals surface area contributed by atoms with Gasteiger partial charge in [0.15, 0.2) is 0 Å². The monoisotopic (exact) mass is 307 g/mol. The number of fused-ring (bicyclic) bond motifs is 1. The van der Waals surface area contributed by atoms with Gasteiger partial charge in [0.25, 0.3) is 0 Å². The predicted molar refractivity (Wildman–Crippen MR) is 63.2 cm³/mol. The van der Waals surface area contributed by atoms with Crippen LogP contribution in [0.4, 0.5) is 5.95 Å². The normalized spacial score (nSPS) is 21.3. The first kappa shape index (κ1) is 13.0. The molecule has 0 amide bonds. The molecule has 1 aromatic carbocycles. The van der Waals surface area contributed by atoms with Gasteiger partial charge in [0.1, 0.15) is 12.7 Å². The van der Waals surface area contributed by atoms with Crippen molar-refractivity contribution in [3.63, 3.8) is 0 Å². The fourth-order valence-corrected chi connectivity index (χ4v) is 2.29. The molecular weight excluding hydrogens is 294 g/mol. The van der Waals surface area contributed by atoms with Gasteiger partial charge in [-0.1, -0.05) is 35.3 Å². The van der Waals surface area contributed by atoms with E-state index in [2.05, 4.69) is 4.98 Å². The molecule has 4 nitrogen and oxygen atoms in total. The first-order chi connectivity index (χ1) is 8.22. The van der Waals surface area contributed by atoms with E-state index in [1.807, 2.05) is 59.1 Å². The summed E-state index contributed by atoms with van der Waals surface area (Å²) in [5, 5.41) is 10.8. The maximum absolute atomic E-state index is 10.8. The van der Waals surface area contributed by atoms with Gasteiger partial charge in [-0.3, -0.25) is 0 Å². The van der Waals surface area contributed by atoms with Crippen molar-refractivity contribution in [3.8, 4) is 0 Å². The number of rotatable bonds is 1. The van der Waals surface area contributed by atoms with Gasteiger partial charge in [-0.05, 0) is 0 Å². The van der Waals surface area contributed by atoms with E-state index in [-0.39, 0.29) is 17.0 Å². The standard InChI is InChI=1S/C13H14N3O.BrH/c1-15-12-14-8-5-9-16(12)10-13(15,17)11-6-3-2-4-7-11;/h2-9,17H,10H2,1H3;1H/q+1;/p-1. The van der Waals surface area contributed by atoms with Crippen molar-refractivity contribution in [2.45, 2.75) is 12.3 Å². The molecule has 2 heterocycles. The number of halogens is 1. The van der Waals surface area contributed by atoms with E-state index in [4.69, 9.17) is 0 Å². The van der Waals surface area contributed by atoms with Gasteiger partial charge in [-0.25, -0.2) is 9.47 Å². The summed E-state index contributed by atoms with van der Waals surface area (Å²) in [5.74, 6) is 0.777. The fourth-order valence-electron chi connectivity index (χ4n) is 2.29. The Labute approximate surface area is 116 Å². The Balaban J connectivity index is 0.00000120. The highest BCUT2D eigenvalue weighted by molar-refractivity contribution is 5.36. The van der Waals surface area contributed by atoms with Crippen molar-refractivity contribution >= 4 is 5.95 Å². The number of hydrogen-bond donors (Lipinski definition) is 1. The molecule has 1 aromatic heterocycles. The van der Waals surface area contributed by atoms with Gasteiger partial charge < -0.3 is 22.1 Å². The Morgan fingerprint density at radius 2 is 2.00 bits per heavy atom. The van der Waals surface area contributed by atoms with E-state index in [1.165, 1.54) is 0 Å². The molecule has 5 heteroatoms. The number of nitrogens with zero attached hydrogens (tertiary/aromatic N) is 3. The van der Waals surface area contributed by atoms with Crippen molar-refractivity contribution in [3.05, 3.63) is 54.4 Å². The minimum Gasteiger partial charge on any atom is -1.00 e. The molecule has 0 spiro atoms. The topological polar surface area (TPSA) is 40.2 Å². The lowest BCUT2D eigenvalue weighted by Gasteiger charge is -2.25. The zero-order valence-corrected chi connectivity index (χ0v) is 11.6. The molecule has 0 bridgehead atoms. The number of hydrogen-bond acceptors (Lipinski definition) is 3. The number of anilines is 1. The fraction of sp³-hybridized carbons (Fsp3) is 0.231. The Bertz CT molecular complexity index is 549. The average Bonchev–Trinajstić information content (AvgIpc) is 2.65. The van der Waals surface area contributed by atoms with Crippen LogP contribution < -0.4 is 26.4 Å². The summed E-state index contributed by atoms with van der Waals surface area (Å²) in [6, 6.07) is 11.5. The van der Waals surface area contributed by atoms with E-state index >= 15 is 0 Å². The molecule has 0 radical (unpaired) electrons. The van der Waals surface area contributed by atoms with Crippen LogP contribution in [0.15, 0.2) is 48.8 Å². The van der Waals surface area contributed by atoms with Crippen molar-refractivity contribution in [2.24, 2.45) is 0 Å². The lowest BCUT2D eigenvalue weighted by molar-refractivity contribution is -0.685. The molecule has 94 valence electrons. The van der Waals surface area contributed by atoms with Crippen molar-refractivity contribution in [1.29, 1.82) is 0 Å². The highest BCUT2D eigenvalue weighted by Gasteiger charge is 2.49. The molecule has 1 atom stereocenters. The Morgan fingerprint density at radius 1 is 1.28 bits per heavy atom. The minimum atomic E-state index is -1.01. The van der Waals surface area contributed by atoms with Crippen LogP contribution in [-0.2, 0) is 12.3 Å². The van der Waals surface area contributed by atoms with Crippen LogP contribution >= 0.6 is 0 Å². The quantitative estimate of drug-likeness (QED) is 0.601. The highest BCUT2D eigenvalue weighted by Crippen LogP contribution is 2.31. The maximum Gasteiger partial charge on any atom is 0.396 e. The summed E-state index contributed by atoms with van der Waals surface area (Å²) < 4.78 is 1.95. The Hall–Kier alpha value is -1.46.